The van der Waals surface area contributed by atoms with Crippen molar-refractivity contribution in [1.29, 1.82) is 0 Å². The summed E-state index contributed by atoms with van der Waals surface area (Å²) < 4.78 is 0. The maximum Gasteiger partial charge on any atom is 0.0292 e. The first-order chi connectivity index (χ1) is 9.52. The molecule has 1 heterocycles. The molecule has 1 saturated heterocycles. The second-order valence-electron chi connectivity index (χ2n) is 6.49. The van der Waals surface area contributed by atoms with E-state index in [1.807, 2.05) is 0 Å². The van der Waals surface area contributed by atoms with Crippen LogP contribution in [0.5, 0.6) is 0 Å². The monoisotopic (exact) mass is 292 g/mol. The van der Waals surface area contributed by atoms with E-state index in [0.29, 0.717) is 11.5 Å². The molecular formula is C17H28N2S. The summed E-state index contributed by atoms with van der Waals surface area (Å²) in [6.07, 6.45) is 4.72. The largest absolute Gasteiger partial charge is 0.310 e. The molecular weight excluding hydrogens is 264 g/mol. The number of piperidine rings is 1. The van der Waals surface area contributed by atoms with Crippen LogP contribution in [0.1, 0.15) is 38.3 Å². The molecule has 112 valence electrons. The number of benzene rings is 1. The van der Waals surface area contributed by atoms with Crippen molar-refractivity contribution in [2.24, 2.45) is 5.41 Å². The summed E-state index contributed by atoms with van der Waals surface area (Å²) in [6.45, 7) is 8.28. The molecule has 0 aromatic heterocycles. The highest BCUT2D eigenvalue weighted by atomic mass is 32.2. The summed E-state index contributed by atoms with van der Waals surface area (Å²) in [6, 6.07) is 9.37. The van der Waals surface area contributed by atoms with Gasteiger partial charge in [0.1, 0.15) is 0 Å². The number of hydrogen-bond donors (Lipinski definition) is 1. The molecule has 1 aliphatic rings. The number of thioether (sulfide) groups is 1. The van der Waals surface area contributed by atoms with Gasteiger partial charge in [0.2, 0.25) is 0 Å². The minimum atomic E-state index is 0.433. The lowest BCUT2D eigenvalue weighted by Gasteiger charge is -2.38. The zero-order valence-electron chi connectivity index (χ0n) is 13.3. The number of nitrogens with one attached hydrogen (secondary N) is 1. The average Bonchev–Trinajstić information content (AvgIpc) is 2.48. The van der Waals surface area contributed by atoms with Crippen molar-refractivity contribution in [2.75, 3.05) is 32.9 Å². The Balaban J connectivity index is 1.86. The Hall–Kier alpha value is -0.510. The molecule has 0 aliphatic carbocycles. The van der Waals surface area contributed by atoms with Crippen molar-refractivity contribution in [1.82, 2.24) is 10.2 Å². The molecule has 1 N–H and O–H groups in total. The SMILES string of the molecule is CSc1ccc(C(C)NCC2(C)CCN(C)CC2)cc1. The van der Waals surface area contributed by atoms with Crippen LogP contribution in [0.4, 0.5) is 0 Å². The standard InChI is InChI=1S/C17H28N2S/c1-14(15-5-7-16(20-4)8-6-15)18-13-17(2)9-11-19(3)12-10-17/h5-8,14,18H,9-13H2,1-4H3. The molecule has 2 nitrogen and oxygen atoms in total. The van der Waals surface area contributed by atoms with Gasteiger partial charge in [-0.15, -0.1) is 11.8 Å². The van der Waals surface area contributed by atoms with Crippen LogP contribution >= 0.6 is 11.8 Å². The Morgan fingerprint density at radius 1 is 1.25 bits per heavy atom. The Labute approximate surface area is 128 Å². The summed E-state index contributed by atoms with van der Waals surface area (Å²) in [5.74, 6) is 0. The average molecular weight is 292 g/mol. The summed E-state index contributed by atoms with van der Waals surface area (Å²) >= 11 is 1.80. The van der Waals surface area contributed by atoms with Crippen molar-refractivity contribution in [3.63, 3.8) is 0 Å². The quantitative estimate of drug-likeness (QED) is 0.831. The smallest absolute Gasteiger partial charge is 0.0292 e. The highest BCUT2D eigenvalue weighted by Crippen LogP contribution is 2.30. The van der Waals surface area contributed by atoms with Gasteiger partial charge in [-0.3, -0.25) is 0 Å². The molecule has 0 radical (unpaired) electrons. The first-order valence-corrected chi connectivity index (χ1v) is 8.81. The fourth-order valence-corrected chi connectivity index (χ4v) is 3.15. The van der Waals surface area contributed by atoms with Crippen molar-refractivity contribution < 1.29 is 0 Å². The molecule has 0 bridgehead atoms. The predicted molar refractivity (Wildman–Crippen MR) is 89.5 cm³/mol. The van der Waals surface area contributed by atoms with Crippen LogP contribution in [0.25, 0.3) is 0 Å². The van der Waals surface area contributed by atoms with Crippen LogP contribution in [0.15, 0.2) is 29.2 Å². The van der Waals surface area contributed by atoms with Gasteiger partial charge in [0.05, 0.1) is 0 Å². The van der Waals surface area contributed by atoms with Crippen molar-refractivity contribution >= 4 is 11.8 Å². The van der Waals surface area contributed by atoms with Gasteiger partial charge in [-0.25, -0.2) is 0 Å². The highest BCUT2D eigenvalue weighted by Gasteiger charge is 2.28. The second kappa shape index (κ2) is 6.97. The normalized spacial score (nSPS) is 20.8. The molecule has 0 saturated carbocycles. The van der Waals surface area contributed by atoms with Crippen molar-refractivity contribution in [3.8, 4) is 0 Å². The molecule has 1 unspecified atom stereocenters. The fourth-order valence-electron chi connectivity index (χ4n) is 2.75. The number of likely N-dealkylation sites (tertiary alicyclic amines) is 1. The molecule has 1 aromatic rings. The van der Waals surface area contributed by atoms with Crippen molar-refractivity contribution in [3.05, 3.63) is 29.8 Å². The minimum Gasteiger partial charge on any atom is -0.310 e. The van der Waals surface area contributed by atoms with Crippen molar-refractivity contribution in [2.45, 2.75) is 37.6 Å². The zero-order chi connectivity index (χ0) is 14.6. The molecule has 1 fully saturated rings. The molecule has 20 heavy (non-hydrogen) atoms. The predicted octanol–water partition coefficient (Wildman–Crippen LogP) is 3.79. The number of rotatable bonds is 5. The molecule has 0 amide bonds. The fraction of sp³-hybridized carbons (Fsp3) is 0.647. The third kappa shape index (κ3) is 4.24. The Morgan fingerprint density at radius 3 is 2.40 bits per heavy atom. The molecule has 1 aliphatic heterocycles. The van der Waals surface area contributed by atoms with E-state index in [-0.39, 0.29) is 0 Å². The Kier molecular flexibility index (Phi) is 5.53. The van der Waals surface area contributed by atoms with E-state index < -0.39 is 0 Å². The molecule has 1 atom stereocenters. The van der Waals surface area contributed by atoms with Gasteiger partial charge in [0.15, 0.2) is 0 Å². The van der Waals surface area contributed by atoms with E-state index in [1.165, 1.54) is 36.4 Å². The lowest BCUT2D eigenvalue weighted by atomic mass is 9.80. The first-order valence-electron chi connectivity index (χ1n) is 7.58. The third-order valence-corrected chi connectivity index (χ3v) is 5.39. The van der Waals surface area contributed by atoms with Crippen LogP contribution in [-0.2, 0) is 0 Å². The first kappa shape index (κ1) is 15.9. The van der Waals surface area contributed by atoms with Gasteiger partial charge in [-0.05, 0) is 69.3 Å². The third-order valence-electron chi connectivity index (χ3n) is 4.64. The van der Waals surface area contributed by atoms with E-state index in [2.05, 4.69) is 61.6 Å². The Bertz CT molecular complexity index is 408. The summed E-state index contributed by atoms with van der Waals surface area (Å²) in [5.41, 5.74) is 1.85. The van der Waals surface area contributed by atoms with E-state index >= 15 is 0 Å². The van der Waals surface area contributed by atoms with E-state index in [0.717, 1.165) is 6.54 Å². The maximum absolute atomic E-state index is 3.74. The summed E-state index contributed by atoms with van der Waals surface area (Å²) in [4.78, 5) is 3.77. The molecule has 0 spiro atoms. The van der Waals surface area contributed by atoms with Gasteiger partial charge in [-0.2, -0.15) is 0 Å². The van der Waals surface area contributed by atoms with E-state index in [9.17, 15) is 0 Å². The Morgan fingerprint density at radius 2 is 1.85 bits per heavy atom. The summed E-state index contributed by atoms with van der Waals surface area (Å²) in [5, 5.41) is 3.74. The van der Waals surface area contributed by atoms with Crippen LogP contribution in [-0.4, -0.2) is 37.8 Å². The number of hydrogen-bond acceptors (Lipinski definition) is 3. The number of nitrogens with zero attached hydrogens (tertiary/aromatic N) is 1. The molecule has 1 aromatic carbocycles. The minimum absolute atomic E-state index is 0.433. The van der Waals surface area contributed by atoms with Crippen LogP contribution in [0, 0.1) is 5.41 Å². The van der Waals surface area contributed by atoms with E-state index in [1.54, 1.807) is 11.8 Å². The topological polar surface area (TPSA) is 15.3 Å². The van der Waals surface area contributed by atoms with Crippen LogP contribution in [0.3, 0.4) is 0 Å². The van der Waals surface area contributed by atoms with Crippen LogP contribution < -0.4 is 5.32 Å². The van der Waals surface area contributed by atoms with Gasteiger partial charge in [-0.1, -0.05) is 19.1 Å². The lowest BCUT2D eigenvalue weighted by Crippen LogP contribution is -2.42. The van der Waals surface area contributed by atoms with Crippen LogP contribution in [0.2, 0.25) is 0 Å². The second-order valence-corrected chi connectivity index (χ2v) is 7.37. The lowest BCUT2D eigenvalue weighted by molar-refractivity contribution is 0.134. The zero-order valence-corrected chi connectivity index (χ0v) is 14.1. The molecule has 2 rings (SSSR count). The van der Waals surface area contributed by atoms with Gasteiger partial charge in [0, 0.05) is 17.5 Å². The molecule has 3 heteroatoms. The highest BCUT2D eigenvalue weighted by molar-refractivity contribution is 7.98. The van der Waals surface area contributed by atoms with Gasteiger partial charge in [0.25, 0.3) is 0 Å². The van der Waals surface area contributed by atoms with Gasteiger partial charge >= 0.3 is 0 Å². The summed E-state index contributed by atoms with van der Waals surface area (Å²) in [7, 11) is 2.23. The maximum atomic E-state index is 3.74. The van der Waals surface area contributed by atoms with Gasteiger partial charge < -0.3 is 10.2 Å². The van der Waals surface area contributed by atoms with E-state index in [4.69, 9.17) is 0 Å².